The van der Waals surface area contributed by atoms with Gasteiger partial charge in [0.1, 0.15) is 5.82 Å². The number of benzene rings is 1. The van der Waals surface area contributed by atoms with Gasteiger partial charge in [0.2, 0.25) is 5.91 Å². The number of rotatable bonds is 5. The molecule has 0 radical (unpaired) electrons. The number of anilines is 1. The van der Waals surface area contributed by atoms with Gasteiger partial charge in [0.05, 0.1) is 11.4 Å². The SMILES string of the molecule is C=CCNC(=O)NC(=O)CSc1ccc(N)c(F)c1. The van der Waals surface area contributed by atoms with Crippen LogP contribution >= 0.6 is 11.8 Å². The molecule has 1 rings (SSSR count). The molecular formula is C12H14FN3O2S. The van der Waals surface area contributed by atoms with Crippen molar-refractivity contribution in [2.45, 2.75) is 4.90 Å². The van der Waals surface area contributed by atoms with Crippen LogP contribution in [0.4, 0.5) is 14.9 Å². The Morgan fingerprint density at radius 2 is 2.21 bits per heavy atom. The number of nitrogen functional groups attached to an aromatic ring is 1. The molecule has 0 saturated heterocycles. The van der Waals surface area contributed by atoms with Crippen molar-refractivity contribution < 1.29 is 14.0 Å². The molecule has 0 unspecified atom stereocenters. The molecule has 0 aliphatic carbocycles. The van der Waals surface area contributed by atoms with Crippen LogP contribution in [0, 0.1) is 5.82 Å². The summed E-state index contributed by atoms with van der Waals surface area (Å²) < 4.78 is 13.1. The van der Waals surface area contributed by atoms with Gasteiger partial charge in [-0.1, -0.05) is 6.08 Å². The van der Waals surface area contributed by atoms with Gasteiger partial charge in [-0.2, -0.15) is 0 Å². The molecule has 0 aromatic heterocycles. The van der Waals surface area contributed by atoms with Crippen LogP contribution in [0.15, 0.2) is 35.7 Å². The minimum absolute atomic E-state index is 0.00483. The first kappa shape index (κ1) is 15.0. The maximum Gasteiger partial charge on any atom is 0.321 e. The van der Waals surface area contributed by atoms with Gasteiger partial charge < -0.3 is 11.1 Å². The van der Waals surface area contributed by atoms with Gasteiger partial charge in [-0.3, -0.25) is 10.1 Å². The topological polar surface area (TPSA) is 84.2 Å². The number of urea groups is 1. The summed E-state index contributed by atoms with van der Waals surface area (Å²) >= 11 is 1.11. The van der Waals surface area contributed by atoms with E-state index in [1.54, 1.807) is 6.07 Å². The molecule has 0 fully saturated rings. The zero-order valence-corrected chi connectivity index (χ0v) is 10.9. The predicted molar refractivity (Wildman–Crippen MR) is 73.3 cm³/mol. The van der Waals surface area contributed by atoms with Crippen LogP contribution in [0.5, 0.6) is 0 Å². The van der Waals surface area contributed by atoms with Crippen LogP contribution in [0.2, 0.25) is 0 Å². The van der Waals surface area contributed by atoms with Crippen molar-refractivity contribution in [1.29, 1.82) is 0 Å². The second-order valence-corrected chi connectivity index (χ2v) is 4.57. The molecular weight excluding hydrogens is 269 g/mol. The summed E-state index contributed by atoms with van der Waals surface area (Å²) in [6.07, 6.45) is 1.50. The minimum atomic E-state index is -0.589. The van der Waals surface area contributed by atoms with Crippen molar-refractivity contribution in [2.75, 3.05) is 18.0 Å². The minimum Gasteiger partial charge on any atom is -0.396 e. The van der Waals surface area contributed by atoms with Crippen molar-refractivity contribution in [2.24, 2.45) is 0 Å². The quantitative estimate of drug-likeness (QED) is 0.434. The first-order valence-electron chi connectivity index (χ1n) is 5.39. The average Bonchev–Trinajstić information content (AvgIpc) is 2.38. The Morgan fingerprint density at radius 1 is 1.47 bits per heavy atom. The molecule has 0 aliphatic rings. The Balaban J connectivity index is 2.39. The molecule has 0 atom stereocenters. The Morgan fingerprint density at radius 3 is 2.84 bits per heavy atom. The number of hydrogen-bond donors (Lipinski definition) is 3. The number of thioether (sulfide) groups is 1. The second-order valence-electron chi connectivity index (χ2n) is 3.52. The summed E-state index contributed by atoms with van der Waals surface area (Å²) in [4.78, 5) is 23.1. The van der Waals surface area contributed by atoms with Crippen LogP contribution in [0.25, 0.3) is 0 Å². The molecule has 4 N–H and O–H groups in total. The zero-order chi connectivity index (χ0) is 14.3. The van der Waals surface area contributed by atoms with E-state index in [2.05, 4.69) is 17.2 Å². The molecule has 1 aromatic rings. The van der Waals surface area contributed by atoms with Gasteiger partial charge in [0.15, 0.2) is 0 Å². The summed E-state index contributed by atoms with van der Waals surface area (Å²) in [5.41, 5.74) is 5.39. The van der Waals surface area contributed by atoms with Gasteiger partial charge in [-0.15, -0.1) is 18.3 Å². The molecule has 102 valence electrons. The van der Waals surface area contributed by atoms with Crippen molar-refractivity contribution in [3.63, 3.8) is 0 Å². The van der Waals surface area contributed by atoms with E-state index in [0.717, 1.165) is 11.8 Å². The fraction of sp³-hybridized carbons (Fsp3) is 0.167. The molecule has 0 heterocycles. The van der Waals surface area contributed by atoms with E-state index in [0.29, 0.717) is 4.90 Å². The third kappa shape index (κ3) is 5.43. The molecule has 1 aromatic carbocycles. The van der Waals surface area contributed by atoms with E-state index in [4.69, 9.17) is 5.73 Å². The van der Waals surface area contributed by atoms with E-state index < -0.39 is 17.8 Å². The summed E-state index contributed by atoms with van der Waals surface area (Å²) in [7, 11) is 0. The molecule has 19 heavy (non-hydrogen) atoms. The lowest BCUT2D eigenvalue weighted by Gasteiger charge is -2.05. The van der Waals surface area contributed by atoms with Crippen molar-refractivity contribution in [3.05, 3.63) is 36.7 Å². The summed E-state index contributed by atoms with van der Waals surface area (Å²) in [6, 6.07) is 3.68. The first-order chi connectivity index (χ1) is 9.02. The van der Waals surface area contributed by atoms with E-state index in [-0.39, 0.29) is 18.0 Å². The highest BCUT2D eigenvalue weighted by molar-refractivity contribution is 8.00. The Hall–Kier alpha value is -2.02. The van der Waals surface area contributed by atoms with Gasteiger partial charge in [0.25, 0.3) is 0 Å². The average molecular weight is 283 g/mol. The first-order valence-corrected chi connectivity index (χ1v) is 6.38. The molecule has 5 nitrogen and oxygen atoms in total. The van der Waals surface area contributed by atoms with Crippen LogP contribution in [0.3, 0.4) is 0 Å². The van der Waals surface area contributed by atoms with Gasteiger partial charge in [-0.05, 0) is 18.2 Å². The third-order valence-electron chi connectivity index (χ3n) is 2.00. The second kappa shape index (κ2) is 7.42. The van der Waals surface area contributed by atoms with Gasteiger partial charge >= 0.3 is 6.03 Å². The van der Waals surface area contributed by atoms with Crippen molar-refractivity contribution >= 4 is 29.4 Å². The summed E-state index contributed by atoms with van der Waals surface area (Å²) in [6.45, 7) is 3.70. The Bertz CT molecular complexity index is 494. The number of nitrogens with one attached hydrogen (secondary N) is 2. The lowest BCUT2D eigenvalue weighted by Crippen LogP contribution is -2.40. The fourth-order valence-electron chi connectivity index (χ4n) is 1.12. The molecule has 0 spiro atoms. The monoisotopic (exact) mass is 283 g/mol. The molecule has 0 bridgehead atoms. The molecule has 0 saturated carbocycles. The lowest BCUT2D eigenvalue weighted by molar-refractivity contribution is -0.117. The number of carbonyl (C=O) groups excluding carboxylic acids is 2. The Labute approximate surface area is 114 Å². The zero-order valence-electron chi connectivity index (χ0n) is 10.1. The van der Waals surface area contributed by atoms with E-state index in [9.17, 15) is 14.0 Å². The molecule has 7 heteroatoms. The van der Waals surface area contributed by atoms with Crippen LogP contribution in [0.1, 0.15) is 0 Å². The number of halogens is 1. The molecule has 3 amide bonds. The highest BCUT2D eigenvalue weighted by Gasteiger charge is 2.08. The van der Waals surface area contributed by atoms with E-state index in [1.165, 1.54) is 18.2 Å². The number of amides is 3. The van der Waals surface area contributed by atoms with Crippen LogP contribution in [-0.4, -0.2) is 24.2 Å². The standard InChI is InChI=1S/C12H14FN3O2S/c1-2-5-15-12(18)16-11(17)7-19-8-3-4-10(14)9(13)6-8/h2-4,6H,1,5,7,14H2,(H2,15,16,17,18). The van der Waals surface area contributed by atoms with Crippen LogP contribution in [-0.2, 0) is 4.79 Å². The number of imide groups is 1. The maximum absolute atomic E-state index is 13.1. The summed E-state index contributed by atoms with van der Waals surface area (Å²) in [5, 5.41) is 4.54. The van der Waals surface area contributed by atoms with E-state index in [1.807, 2.05) is 0 Å². The smallest absolute Gasteiger partial charge is 0.321 e. The maximum atomic E-state index is 13.1. The highest BCUT2D eigenvalue weighted by atomic mass is 32.2. The highest BCUT2D eigenvalue weighted by Crippen LogP contribution is 2.21. The lowest BCUT2D eigenvalue weighted by atomic mass is 10.3. The van der Waals surface area contributed by atoms with E-state index >= 15 is 0 Å². The van der Waals surface area contributed by atoms with Crippen molar-refractivity contribution in [3.8, 4) is 0 Å². The largest absolute Gasteiger partial charge is 0.396 e. The molecule has 0 aliphatic heterocycles. The normalized spacial score (nSPS) is 9.74. The van der Waals surface area contributed by atoms with Crippen molar-refractivity contribution in [1.82, 2.24) is 10.6 Å². The van der Waals surface area contributed by atoms with Crippen LogP contribution < -0.4 is 16.4 Å². The number of nitrogens with two attached hydrogens (primary N) is 1. The number of hydrogen-bond acceptors (Lipinski definition) is 4. The Kier molecular flexibility index (Phi) is 5.87. The summed E-state index contributed by atoms with van der Waals surface area (Å²) in [5.74, 6) is -0.997. The fourth-order valence-corrected chi connectivity index (χ4v) is 1.84. The third-order valence-corrected chi connectivity index (χ3v) is 3.00. The van der Waals surface area contributed by atoms with Gasteiger partial charge in [0, 0.05) is 11.4 Å². The van der Waals surface area contributed by atoms with Gasteiger partial charge in [-0.25, -0.2) is 9.18 Å². The predicted octanol–water partition coefficient (Wildman–Crippen LogP) is 1.51. The number of carbonyl (C=O) groups is 2.